The fourth-order valence-electron chi connectivity index (χ4n) is 1.73. The first-order valence-electron chi connectivity index (χ1n) is 6.50. The Kier molecular flexibility index (Phi) is 4.64. The third-order valence-electron chi connectivity index (χ3n) is 3.03. The van der Waals surface area contributed by atoms with E-state index in [4.69, 9.17) is 27.9 Å². The minimum atomic E-state index is 0.380. The zero-order valence-electron chi connectivity index (χ0n) is 10.9. The van der Waals surface area contributed by atoms with E-state index >= 15 is 0 Å². The molecule has 0 aliphatic heterocycles. The molecule has 0 radical (unpaired) electrons. The molecule has 1 aliphatic carbocycles. The van der Waals surface area contributed by atoms with Crippen LogP contribution in [0.15, 0.2) is 28.7 Å². The van der Waals surface area contributed by atoms with Crippen LogP contribution in [0.1, 0.15) is 18.5 Å². The summed E-state index contributed by atoms with van der Waals surface area (Å²) in [6.07, 6.45) is 2.49. The Hall–Kier alpha value is -0.880. The van der Waals surface area contributed by atoms with Gasteiger partial charge in [0.2, 0.25) is 5.88 Å². The van der Waals surface area contributed by atoms with Gasteiger partial charge in [-0.25, -0.2) is 0 Å². The van der Waals surface area contributed by atoms with Crippen LogP contribution in [-0.2, 0) is 6.54 Å². The average Bonchev–Trinajstić information content (AvgIpc) is 3.28. The Balaban J connectivity index is 1.68. The molecule has 1 heterocycles. The van der Waals surface area contributed by atoms with Crippen LogP contribution >= 0.6 is 39.1 Å². The molecule has 0 bridgehead atoms. The topological polar surface area (TPSA) is 47.0 Å². The Labute approximate surface area is 140 Å². The number of rotatable bonds is 5. The van der Waals surface area contributed by atoms with E-state index in [9.17, 15) is 0 Å². The van der Waals surface area contributed by atoms with Crippen LogP contribution < -0.4 is 10.1 Å². The highest BCUT2D eigenvalue weighted by molar-refractivity contribution is 9.10. The zero-order valence-corrected chi connectivity index (χ0v) is 14.0. The van der Waals surface area contributed by atoms with Gasteiger partial charge in [0.05, 0.1) is 15.7 Å². The molecule has 7 heteroatoms. The van der Waals surface area contributed by atoms with Gasteiger partial charge in [0.1, 0.15) is 5.75 Å². The average molecular weight is 389 g/mol. The van der Waals surface area contributed by atoms with Crippen molar-refractivity contribution in [1.29, 1.82) is 0 Å². The summed E-state index contributed by atoms with van der Waals surface area (Å²) < 4.78 is 6.32. The molecule has 110 valence electrons. The van der Waals surface area contributed by atoms with Crippen molar-refractivity contribution in [2.45, 2.75) is 25.4 Å². The summed E-state index contributed by atoms with van der Waals surface area (Å²) in [6, 6.07) is 7.61. The van der Waals surface area contributed by atoms with Gasteiger partial charge in [-0.3, -0.25) is 0 Å². The SMILES string of the molecule is Clc1cc(Oc2ccc(CNC3CC3)nn2)c(Cl)cc1Br. The fraction of sp³-hybridized carbons (Fsp3) is 0.286. The van der Waals surface area contributed by atoms with Crippen molar-refractivity contribution < 1.29 is 4.74 Å². The van der Waals surface area contributed by atoms with E-state index < -0.39 is 0 Å². The predicted octanol–water partition coefficient (Wildman–Crippen LogP) is 4.59. The van der Waals surface area contributed by atoms with E-state index in [1.807, 2.05) is 6.07 Å². The second-order valence-corrected chi connectivity index (χ2v) is 6.49. The molecule has 1 aromatic carbocycles. The Morgan fingerprint density at radius 1 is 1.19 bits per heavy atom. The molecule has 1 saturated carbocycles. The van der Waals surface area contributed by atoms with E-state index in [1.165, 1.54) is 12.8 Å². The van der Waals surface area contributed by atoms with Crippen LogP contribution in [0.3, 0.4) is 0 Å². The summed E-state index contributed by atoms with van der Waals surface area (Å²) in [5.74, 6) is 0.827. The summed E-state index contributed by atoms with van der Waals surface area (Å²) in [6.45, 7) is 0.725. The number of nitrogens with one attached hydrogen (secondary N) is 1. The number of ether oxygens (including phenoxy) is 1. The molecule has 0 unspecified atom stereocenters. The summed E-state index contributed by atoms with van der Waals surface area (Å²) >= 11 is 15.4. The molecule has 0 amide bonds. The molecular weight excluding hydrogens is 377 g/mol. The molecular formula is C14H12BrCl2N3O. The van der Waals surface area contributed by atoms with Crippen molar-refractivity contribution in [3.05, 3.63) is 44.5 Å². The maximum atomic E-state index is 6.10. The third kappa shape index (κ3) is 4.07. The van der Waals surface area contributed by atoms with Crippen molar-refractivity contribution >= 4 is 39.1 Å². The standard InChI is InChI=1S/C14H12BrCl2N3O/c15-10-5-12(17)13(6-11(10)16)21-14-4-3-9(19-20-14)7-18-8-1-2-8/h3-6,8,18H,1-2,7H2. The Morgan fingerprint density at radius 2 is 2.00 bits per heavy atom. The summed E-state index contributed by atoms with van der Waals surface area (Å²) in [4.78, 5) is 0. The van der Waals surface area contributed by atoms with Crippen molar-refractivity contribution in [3.8, 4) is 11.6 Å². The molecule has 2 aromatic rings. The van der Waals surface area contributed by atoms with Crippen LogP contribution in [0.5, 0.6) is 11.6 Å². The van der Waals surface area contributed by atoms with Gasteiger partial charge in [0, 0.05) is 29.2 Å². The highest BCUT2D eigenvalue weighted by Gasteiger charge is 2.20. The van der Waals surface area contributed by atoms with Crippen molar-refractivity contribution in [2.24, 2.45) is 0 Å². The molecule has 1 aromatic heterocycles. The van der Waals surface area contributed by atoms with E-state index in [0.29, 0.717) is 32.2 Å². The van der Waals surface area contributed by atoms with Gasteiger partial charge in [0.25, 0.3) is 0 Å². The molecule has 0 saturated heterocycles. The smallest absolute Gasteiger partial charge is 0.238 e. The first kappa shape index (κ1) is 15.0. The van der Waals surface area contributed by atoms with Gasteiger partial charge in [0.15, 0.2) is 0 Å². The van der Waals surface area contributed by atoms with E-state index in [2.05, 4.69) is 31.4 Å². The molecule has 0 atom stereocenters. The molecule has 0 spiro atoms. The second-order valence-electron chi connectivity index (χ2n) is 4.82. The summed E-state index contributed by atoms with van der Waals surface area (Å²) in [5, 5.41) is 12.5. The number of hydrogen-bond donors (Lipinski definition) is 1. The third-order valence-corrected chi connectivity index (χ3v) is 4.53. The lowest BCUT2D eigenvalue weighted by Gasteiger charge is -2.08. The van der Waals surface area contributed by atoms with Gasteiger partial charge in [-0.2, -0.15) is 5.10 Å². The minimum Gasteiger partial charge on any atom is -0.436 e. The largest absolute Gasteiger partial charge is 0.436 e. The lowest BCUT2D eigenvalue weighted by Crippen LogP contribution is -2.16. The van der Waals surface area contributed by atoms with Crippen LogP contribution in [0, 0.1) is 0 Å². The monoisotopic (exact) mass is 387 g/mol. The Morgan fingerprint density at radius 3 is 2.67 bits per heavy atom. The Bertz CT molecular complexity index is 647. The van der Waals surface area contributed by atoms with Gasteiger partial charge >= 0.3 is 0 Å². The number of aromatic nitrogens is 2. The van der Waals surface area contributed by atoms with Gasteiger partial charge in [-0.1, -0.05) is 23.2 Å². The fourth-order valence-corrected chi connectivity index (χ4v) is 2.56. The van der Waals surface area contributed by atoms with Crippen molar-refractivity contribution in [1.82, 2.24) is 15.5 Å². The van der Waals surface area contributed by atoms with Crippen LogP contribution in [-0.4, -0.2) is 16.2 Å². The second kappa shape index (κ2) is 6.48. The zero-order chi connectivity index (χ0) is 14.8. The normalized spacial score (nSPS) is 14.2. The van der Waals surface area contributed by atoms with Crippen LogP contribution in [0.4, 0.5) is 0 Å². The van der Waals surface area contributed by atoms with E-state index in [-0.39, 0.29) is 0 Å². The number of nitrogens with zero attached hydrogens (tertiary/aromatic N) is 2. The van der Waals surface area contributed by atoms with Crippen molar-refractivity contribution in [3.63, 3.8) is 0 Å². The first-order valence-corrected chi connectivity index (χ1v) is 8.05. The lowest BCUT2D eigenvalue weighted by atomic mass is 10.3. The predicted molar refractivity (Wildman–Crippen MR) is 86.1 cm³/mol. The molecule has 1 fully saturated rings. The maximum absolute atomic E-state index is 6.10. The first-order chi connectivity index (χ1) is 10.1. The number of hydrogen-bond acceptors (Lipinski definition) is 4. The number of halogens is 3. The van der Waals surface area contributed by atoms with Gasteiger partial charge < -0.3 is 10.1 Å². The molecule has 1 N–H and O–H groups in total. The molecule has 3 rings (SSSR count). The highest BCUT2D eigenvalue weighted by Crippen LogP contribution is 2.35. The van der Waals surface area contributed by atoms with Gasteiger partial charge in [-0.15, -0.1) is 5.10 Å². The number of benzene rings is 1. The van der Waals surface area contributed by atoms with Gasteiger partial charge in [-0.05, 0) is 40.9 Å². The quantitative estimate of drug-likeness (QED) is 0.761. The van der Waals surface area contributed by atoms with Crippen LogP contribution in [0.2, 0.25) is 10.0 Å². The molecule has 4 nitrogen and oxygen atoms in total. The van der Waals surface area contributed by atoms with Crippen LogP contribution in [0.25, 0.3) is 0 Å². The van der Waals surface area contributed by atoms with E-state index in [0.717, 1.165) is 12.2 Å². The summed E-state index contributed by atoms with van der Waals surface area (Å²) in [5.41, 5.74) is 0.884. The minimum absolute atomic E-state index is 0.380. The maximum Gasteiger partial charge on any atom is 0.238 e. The highest BCUT2D eigenvalue weighted by atomic mass is 79.9. The molecule has 1 aliphatic rings. The van der Waals surface area contributed by atoms with Crippen molar-refractivity contribution in [2.75, 3.05) is 0 Å². The summed E-state index contributed by atoms with van der Waals surface area (Å²) in [7, 11) is 0. The lowest BCUT2D eigenvalue weighted by molar-refractivity contribution is 0.453. The molecule has 21 heavy (non-hydrogen) atoms. The van der Waals surface area contributed by atoms with E-state index in [1.54, 1.807) is 18.2 Å².